The summed E-state index contributed by atoms with van der Waals surface area (Å²) in [7, 11) is 0. The number of hydrogen-bond acceptors (Lipinski definition) is 2. The van der Waals surface area contributed by atoms with Crippen LogP contribution in [-0.4, -0.2) is 15.6 Å². The second-order valence-electron chi connectivity index (χ2n) is 4.54. The van der Waals surface area contributed by atoms with Gasteiger partial charge in [0, 0.05) is 18.8 Å². The zero-order chi connectivity index (χ0) is 11.8. The molecule has 0 saturated heterocycles. The Bertz CT molecular complexity index is 471. The molecule has 0 atom stereocenters. The van der Waals surface area contributed by atoms with E-state index < -0.39 is 5.97 Å². The van der Waals surface area contributed by atoms with Gasteiger partial charge in [-0.3, -0.25) is 4.79 Å². The molecule has 0 radical (unpaired) electrons. The van der Waals surface area contributed by atoms with E-state index in [9.17, 15) is 9.59 Å². The van der Waals surface area contributed by atoms with E-state index in [1.807, 2.05) is 0 Å². The van der Waals surface area contributed by atoms with Gasteiger partial charge in [-0.1, -0.05) is 6.92 Å². The van der Waals surface area contributed by atoms with Gasteiger partial charge in [0.15, 0.2) is 0 Å². The fourth-order valence-electron chi connectivity index (χ4n) is 1.94. The fraction of sp³-hybridized carbons (Fsp3) is 0.500. The number of pyridine rings is 1. The summed E-state index contributed by atoms with van der Waals surface area (Å²) in [5, 5.41) is 8.86. The van der Waals surface area contributed by atoms with Crippen LogP contribution in [0.2, 0.25) is 0 Å². The Morgan fingerprint density at radius 1 is 1.50 bits per heavy atom. The van der Waals surface area contributed by atoms with Gasteiger partial charge in [-0.15, -0.1) is 0 Å². The lowest BCUT2D eigenvalue weighted by atomic mass is 10.0. The molecule has 1 saturated carbocycles. The van der Waals surface area contributed by atoms with E-state index >= 15 is 0 Å². The van der Waals surface area contributed by atoms with Crippen LogP contribution in [0.25, 0.3) is 0 Å². The van der Waals surface area contributed by atoms with Gasteiger partial charge in [0.2, 0.25) is 0 Å². The Balaban J connectivity index is 2.29. The van der Waals surface area contributed by atoms with Crippen LogP contribution < -0.4 is 5.56 Å². The molecule has 2 rings (SSSR count). The SMILES string of the molecule is CCC1(Cn2cc(C(=O)O)ccc2=O)CC1. The quantitative estimate of drug-likeness (QED) is 0.842. The molecule has 1 heterocycles. The molecule has 16 heavy (non-hydrogen) atoms. The van der Waals surface area contributed by atoms with Crippen LogP contribution in [0.15, 0.2) is 23.1 Å². The third-order valence-electron chi connectivity index (χ3n) is 3.44. The summed E-state index contributed by atoms with van der Waals surface area (Å²) in [4.78, 5) is 22.4. The molecule has 1 aromatic heterocycles. The van der Waals surface area contributed by atoms with Crippen molar-refractivity contribution in [3.63, 3.8) is 0 Å². The maximum absolute atomic E-state index is 11.6. The van der Waals surface area contributed by atoms with Crippen molar-refractivity contribution in [2.75, 3.05) is 0 Å². The van der Waals surface area contributed by atoms with Crippen molar-refractivity contribution in [3.05, 3.63) is 34.2 Å². The summed E-state index contributed by atoms with van der Waals surface area (Å²) in [5.74, 6) is -0.991. The first-order valence-electron chi connectivity index (χ1n) is 5.50. The Morgan fingerprint density at radius 2 is 2.19 bits per heavy atom. The van der Waals surface area contributed by atoms with E-state index in [4.69, 9.17) is 5.11 Å². The van der Waals surface area contributed by atoms with E-state index in [0.29, 0.717) is 6.54 Å². The maximum Gasteiger partial charge on any atom is 0.337 e. The summed E-state index contributed by atoms with van der Waals surface area (Å²) < 4.78 is 1.53. The molecule has 0 unspecified atom stereocenters. The standard InChI is InChI=1S/C12H15NO3/c1-2-12(5-6-12)8-13-7-9(11(15)16)3-4-10(13)14/h3-4,7H,2,5-6,8H2,1H3,(H,15,16). The average Bonchev–Trinajstić information content (AvgIpc) is 3.02. The number of carboxylic acids is 1. The molecular weight excluding hydrogens is 206 g/mol. The van der Waals surface area contributed by atoms with Crippen molar-refractivity contribution in [1.82, 2.24) is 4.57 Å². The van der Waals surface area contributed by atoms with Crippen molar-refractivity contribution < 1.29 is 9.90 Å². The summed E-state index contributed by atoms with van der Waals surface area (Å²) in [6.07, 6.45) is 4.75. The maximum atomic E-state index is 11.6. The second kappa shape index (κ2) is 3.77. The van der Waals surface area contributed by atoms with Crippen LogP contribution in [0.4, 0.5) is 0 Å². The van der Waals surface area contributed by atoms with Crippen LogP contribution >= 0.6 is 0 Å². The number of aromatic nitrogens is 1. The van der Waals surface area contributed by atoms with E-state index in [2.05, 4.69) is 6.92 Å². The molecule has 86 valence electrons. The molecule has 0 aromatic carbocycles. The van der Waals surface area contributed by atoms with Crippen molar-refractivity contribution in [1.29, 1.82) is 0 Å². The predicted molar refractivity (Wildman–Crippen MR) is 59.6 cm³/mol. The van der Waals surface area contributed by atoms with E-state index in [1.165, 1.54) is 22.9 Å². The molecule has 1 aromatic rings. The van der Waals surface area contributed by atoms with Crippen molar-refractivity contribution in [2.24, 2.45) is 5.41 Å². The highest BCUT2D eigenvalue weighted by atomic mass is 16.4. The summed E-state index contributed by atoms with van der Waals surface area (Å²) >= 11 is 0. The van der Waals surface area contributed by atoms with Crippen LogP contribution in [0.5, 0.6) is 0 Å². The van der Waals surface area contributed by atoms with Gasteiger partial charge in [0.25, 0.3) is 5.56 Å². The zero-order valence-corrected chi connectivity index (χ0v) is 9.27. The van der Waals surface area contributed by atoms with Gasteiger partial charge in [0.1, 0.15) is 0 Å². The molecule has 0 spiro atoms. The highest BCUT2D eigenvalue weighted by Gasteiger charge is 2.41. The minimum Gasteiger partial charge on any atom is -0.478 e. The van der Waals surface area contributed by atoms with Crippen molar-refractivity contribution in [2.45, 2.75) is 32.7 Å². The normalized spacial score (nSPS) is 17.1. The van der Waals surface area contributed by atoms with Crippen LogP contribution in [-0.2, 0) is 6.54 Å². The van der Waals surface area contributed by atoms with Gasteiger partial charge >= 0.3 is 5.97 Å². The Hall–Kier alpha value is -1.58. The third-order valence-corrected chi connectivity index (χ3v) is 3.44. The van der Waals surface area contributed by atoms with Crippen LogP contribution in [0, 0.1) is 5.41 Å². The number of rotatable bonds is 4. The summed E-state index contributed by atoms with van der Waals surface area (Å²) in [6.45, 7) is 2.75. The number of hydrogen-bond donors (Lipinski definition) is 1. The first-order valence-corrected chi connectivity index (χ1v) is 5.50. The third kappa shape index (κ3) is 2.01. The molecule has 0 amide bonds. The number of aromatic carboxylic acids is 1. The van der Waals surface area contributed by atoms with E-state index in [0.717, 1.165) is 19.3 Å². The molecular formula is C12H15NO3. The first-order chi connectivity index (χ1) is 7.56. The highest BCUT2D eigenvalue weighted by Crippen LogP contribution is 2.49. The van der Waals surface area contributed by atoms with Gasteiger partial charge < -0.3 is 9.67 Å². The smallest absolute Gasteiger partial charge is 0.337 e. The molecule has 1 aliphatic carbocycles. The molecule has 4 nitrogen and oxygen atoms in total. The minimum atomic E-state index is -0.991. The topological polar surface area (TPSA) is 59.3 Å². The highest BCUT2D eigenvalue weighted by molar-refractivity contribution is 5.87. The molecule has 0 bridgehead atoms. The van der Waals surface area contributed by atoms with Crippen molar-refractivity contribution in [3.8, 4) is 0 Å². The zero-order valence-electron chi connectivity index (χ0n) is 9.27. The van der Waals surface area contributed by atoms with E-state index in [1.54, 1.807) is 0 Å². The lowest BCUT2D eigenvalue weighted by Gasteiger charge is -2.14. The van der Waals surface area contributed by atoms with Gasteiger partial charge in [-0.2, -0.15) is 0 Å². The van der Waals surface area contributed by atoms with Gasteiger partial charge in [-0.05, 0) is 30.7 Å². The Labute approximate surface area is 93.5 Å². The van der Waals surface area contributed by atoms with Crippen molar-refractivity contribution >= 4 is 5.97 Å². The molecule has 1 aliphatic rings. The van der Waals surface area contributed by atoms with Crippen LogP contribution in [0.3, 0.4) is 0 Å². The molecule has 4 heteroatoms. The molecule has 0 aliphatic heterocycles. The Morgan fingerprint density at radius 3 is 2.69 bits per heavy atom. The lowest BCUT2D eigenvalue weighted by molar-refractivity contribution is 0.0695. The largest absolute Gasteiger partial charge is 0.478 e. The van der Waals surface area contributed by atoms with Gasteiger partial charge in [-0.25, -0.2) is 4.79 Å². The van der Waals surface area contributed by atoms with Gasteiger partial charge in [0.05, 0.1) is 5.56 Å². The fourth-order valence-corrected chi connectivity index (χ4v) is 1.94. The second-order valence-corrected chi connectivity index (χ2v) is 4.54. The molecule has 1 N–H and O–H groups in total. The Kier molecular flexibility index (Phi) is 2.58. The number of carboxylic acid groups (broad SMARTS) is 1. The monoisotopic (exact) mass is 221 g/mol. The predicted octanol–water partition coefficient (Wildman–Crippen LogP) is 1.74. The summed E-state index contributed by atoms with van der Waals surface area (Å²) in [5.41, 5.74) is 0.289. The molecule has 1 fully saturated rings. The lowest BCUT2D eigenvalue weighted by Crippen LogP contribution is -2.24. The minimum absolute atomic E-state index is 0.121. The number of carbonyl (C=O) groups is 1. The average molecular weight is 221 g/mol. The van der Waals surface area contributed by atoms with Crippen LogP contribution in [0.1, 0.15) is 36.5 Å². The van der Waals surface area contributed by atoms with E-state index in [-0.39, 0.29) is 16.5 Å². The first kappa shape index (κ1) is 10.9. The summed E-state index contributed by atoms with van der Waals surface area (Å²) in [6, 6.07) is 2.68. The number of nitrogens with zero attached hydrogens (tertiary/aromatic N) is 1.